The van der Waals surface area contributed by atoms with Crippen molar-refractivity contribution in [2.45, 2.75) is 18.3 Å². The zero-order valence-corrected chi connectivity index (χ0v) is 9.37. The van der Waals surface area contributed by atoms with E-state index in [-0.39, 0.29) is 18.8 Å². The second kappa shape index (κ2) is 4.33. The number of halogens is 1. The molecule has 1 heterocycles. The maximum atomic E-state index is 13.6. The Kier molecular flexibility index (Phi) is 3.02. The lowest BCUT2D eigenvalue weighted by Gasteiger charge is -2.37. The standard InChI is InChI=1S/C12H15FN2O2/c13-9-3-1-2-8-11(9)15-5-4-12(8,7-14)6-10(16)17/h1-3,15H,4-7,14H2,(H,16,17). The second-order valence-electron chi connectivity index (χ2n) is 4.39. The summed E-state index contributed by atoms with van der Waals surface area (Å²) in [6, 6.07) is 4.70. The van der Waals surface area contributed by atoms with E-state index in [1.165, 1.54) is 6.07 Å². The summed E-state index contributed by atoms with van der Waals surface area (Å²) < 4.78 is 13.6. The molecule has 1 atom stereocenters. The molecule has 1 aliphatic heterocycles. The van der Waals surface area contributed by atoms with Crippen molar-refractivity contribution in [3.05, 3.63) is 29.6 Å². The molecule has 17 heavy (non-hydrogen) atoms. The number of anilines is 1. The Morgan fingerprint density at radius 3 is 3.00 bits per heavy atom. The number of carboxylic acid groups (broad SMARTS) is 1. The van der Waals surface area contributed by atoms with Crippen molar-refractivity contribution in [1.29, 1.82) is 0 Å². The van der Waals surface area contributed by atoms with E-state index in [0.717, 1.165) is 0 Å². The van der Waals surface area contributed by atoms with Crippen molar-refractivity contribution in [3.63, 3.8) is 0 Å². The Morgan fingerprint density at radius 2 is 2.35 bits per heavy atom. The predicted octanol–water partition coefficient (Wildman–Crippen LogP) is 1.31. The minimum atomic E-state index is -0.910. The maximum absolute atomic E-state index is 13.6. The largest absolute Gasteiger partial charge is 0.481 e. The lowest BCUT2D eigenvalue weighted by atomic mass is 9.72. The van der Waals surface area contributed by atoms with Gasteiger partial charge in [0, 0.05) is 18.5 Å². The Hall–Kier alpha value is -1.62. The number of aliphatic carboxylic acids is 1. The average Bonchev–Trinajstić information content (AvgIpc) is 2.30. The Labute approximate surface area is 98.6 Å². The van der Waals surface area contributed by atoms with Crippen molar-refractivity contribution in [3.8, 4) is 0 Å². The molecule has 0 saturated carbocycles. The SMILES string of the molecule is NCC1(CC(=O)O)CCNc2c(F)cccc21. The third-order valence-electron chi connectivity index (χ3n) is 3.37. The van der Waals surface area contributed by atoms with Gasteiger partial charge in [0.05, 0.1) is 12.1 Å². The first-order chi connectivity index (χ1) is 8.09. The highest BCUT2D eigenvalue weighted by molar-refractivity contribution is 5.71. The highest BCUT2D eigenvalue weighted by Crippen LogP contribution is 2.40. The monoisotopic (exact) mass is 238 g/mol. The number of benzene rings is 1. The minimum absolute atomic E-state index is 0.0678. The minimum Gasteiger partial charge on any atom is -0.481 e. The van der Waals surface area contributed by atoms with Crippen molar-refractivity contribution >= 4 is 11.7 Å². The lowest BCUT2D eigenvalue weighted by molar-refractivity contribution is -0.138. The molecule has 0 spiro atoms. The number of fused-ring (bicyclic) bond motifs is 1. The Balaban J connectivity index is 2.51. The normalized spacial score (nSPS) is 22.7. The van der Waals surface area contributed by atoms with Crippen LogP contribution in [0.3, 0.4) is 0 Å². The number of carbonyl (C=O) groups is 1. The van der Waals surface area contributed by atoms with Crippen LogP contribution in [-0.2, 0) is 10.2 Å². The smallest absolute Gasteiger partial charge is 0.304 e. The molecule has 1 aromatic rings. The summed E-state index contributed by atoms with van der Waals surface area (Å²) in [5, 5.41) is 12.0. The zero-order valence-electron chi connectivity index (χ0n) is 9.37. The molecule has 0 saturated heterocycles. The van der Waals surface area contributed by atoms with Gasteiger partial charge in [0.25, 0.3) is 0 Å². The van der Waals surface area contributed by atoms with Gasteiger partial charge >= 0.3 is 5.97 Å². The summed E-state index contributed by atoms with van der Waals surface area (Å²) in [4.78, 5) is 11.0. The molecule has 2 rings (SSSR count). The number of hydrogen-bond acceptors (Lipinski definition) is 3. The topological polar surface area (TPSA) is 75.4 Å². The fraction of sp³-hybridized carbons (Fsp3) is 0.417. The molecular weight excluding hydrogens is 223 g/mol. The van der Waals surface area contributed by atoms with Crippen LogP contribution in [0.2, 0.25) is 0 Å². The van der Waals surface area contributed by atoms with Gasteiger partial charge in [0.15, 0.2) is 0 Å². The van der Waals surface area contributed by atoms with E-state index in [9.17, 15) is 9.18 Å². The van der Waals surface area contributed by atoms with E-state index in [1.807, 2.05) is 0 Å². The Bertz CT molecular complexity index is 450. The van der Waals surface area contributed by atoms with Gasteiger partial charge < -0.3 is 16.2 Å². The quantitative estimate of drug-likeness (QED) is 0.742. The van der Waals surface area contributed by atoms with Gasteiger partial charge in [-0.3, -0.25) is 4.79 Å². The third-order valence-corrected chi connectivity index (χ3v) is 3.37. The molecule has 1 aromatic carbocycles. The van der Waals surface area contributed by atoms with Crippen molar-refractivity contribution in [2.75, 3.05) is 18.4 Å². The molecular formula is C12H15FN2O2. The van der Waals surface area contributed by atoms with Crippen LogP contribution >= 0.6 is 0 Å². The van der Waals surface area contributed by atoms with Gasteiger partial charge in [-0.05, 0) is 18.1 Å². The van der Waals surface area contributed by atoms with E-state index >= 15 is 0 Å². The van der Waals surface area contributed by atoms with Crippen molar-refractivity contribution in [2.24, 2.45) is 5.73 Å². The first-order valence-electron chi connectivity index (χ1n) is 5.54. The Morgan fingerprint density at radius 1 is 1.59 bits per heavy atom. The molecule has 4 N–H and O–H groups in total. The fourth-order valence-corrected chi connectivity index (χ4v) is 2.46. The van der Waals surface area contributed by atoms with Crippen LogP contribution in [0.5, 0.6) is 0 Å². The van der Waals surface area contributed by atoms with Gasteiger partial charge in [-0.15, -0.1) is 0 Å². The molecule has 0 amide bonds. The number of nitrogens with two attached hydrogens (primary N) is 1. The summed E-state index contributed by atoms with van der Waals surface area (Å²) in [5.41, 5.74) is 6.15. The summed E-state index contributed by atoms with van der Waals surface area (Å²) in [6.45, 7) is 0.746. The van der Waals surface area contributed by atoms with Crippen molar-refractivity contribution in [1.82, 2.24) is 0 Å². The van der Waals surface area contributed by atoms with E-state index < -0.39 is 11.4 Å². The number of hydrogen-bond donors (Lipinski definition) is 3. The maximum Gasteiger partial charge on any atom is 0.304 e. The highest BCUT2D eigenvalue weighted by Gasteiger charge is 2.38. The molecule has 0 aliphatic carbocycles. The van der Waals surface area contributed by atoms with Crippen molar-refractivity contribution < 1.29 is 14.3 Å². The van der Waals surface area contributed by atoms with Crippen LogP contribution in [0.25, 0.3) is 0 Å². The number of nitrogens with one attached hydrogen (secondary N) is 1. The molecule has 0 fully saturated rings. The summed E-state index contributed by atoms with van der Waals surface area (Å²) in [6.07, 6.45) is 0.536. The fourth-order valence-electron chi connectivity index (χ4n) is 2.46. The average molecular weight is 238 g/mol. The molecule has 0 bridgehead atoms. The summed E-state index contributed by atoms with van der Waals surface area (Å²) in [7, 11) is 0. The van der Waals surface area contributed by atoms with Crippen LogP contribution in [0.15, 0.2) is 18.2 Å². The molecule has 1 aliphatic rings. The molecule has 5 heteroatoms. The van der Waals surface area contributed by atoms with E-state index in [0.29, 0.717) is 24.2 Å². The predicted molar refractivity (Wildman–Crippen MR) is 62.5 cm³/mol. The second-order valence-corrected chi connectivity index (χ2v) is 4.39. The summed E-state index contributed by atoms with van der Waals surface area (Å²) >= 11 is 0. The van der Waals surface area contributed by atoms with Crippen LogP contribution in [0.1, 0.15) is 18.4 Å². The van der Waals surface area contributed by atoms with E-state index in [1.54, 1.807) is 12.1 Å². The summed E-state index contributed by atoms with van der Waals surface area (Å²) in [5.74, 6) is -1.27. The third kappa shape index (κ3) is 1.98. The van der Waals surface area contributed by atoms with Crippen LogP contribution < -0.4 is 11.1 Å². The van der Waals surface area contributed by atoms with Gasteiger partial charge in [-0.25, -0.2) is 4.39 Å². The van der Waals surface area contributed by atoms with Gasteiger partial charge in [-0.1, -0.05) is 12.1 Å². The number of rotatable bonds is 3. The van der Waals surface area contributed by atoms with Gasteiger partial charge in [0.2, 0.25) is 0 Å². The molecule has 4 nitrogen and oxygen atoms in total. The number of para-hydroxylation sites is 1. The lowest BCUT2D eigenvalue weighted by Crippen LogP contribution is -2.42. The van der Waals surface area contributed by atoms with Crippen LogP contribution in [-0.4, -0.2) is 24.2 Å². The van der Waals surface area contributed by atoms with Crippen LogP contribution in [0.4, 0.5) is 10.1 Å². The zero-order chi connectivity index (χ0) is 12.5. The molecule has 92 valence electrons. The van der Waals surface area contributed by atoms with Crippen LogP contribution in [0, 0.1) is 5.82 Å². The van der Waals surface area contributed by atoms with Gasteiger partial charge in [-0.2, -0.15) is 0 Å². The molecule has 1 unspecified atom stereocenters. The highest BCUT2D eigenvalue weighted by atomic mass is 19.1. The van der Waals surface area contributed by atoms with E-state index in [4.69, 9.17) is 10.8 Å². The van der Waals surface area contributed by atoms with Gasteiger partial charge in [0.1, 0.15) is 5.82 Å². The first-order valence-corrected chi connectivity index (χ1v) is 5.54. The molecule has 0 radical (unpaired) electrons. The number of carboxylic acids is 1. The van der Waals surface area contributed by atoms with E-state index in [2.05, 4.69) is 5.32 Å². The molecule has 0 aromatic heterocycles. The first kappa shape index (κ1) is 11.9.